The van der Waals surface area contributed by atoms with E-state index in [-0.39, 0.29) is 5.91 Å². The third-order valence-electron chi connectivity index (χ3n) is 3.43. The number of rotatable bonds is 6. The third kappa shape index (κ3) is 3.27. The van der Waals surface area contributed by atoms with Crippen molar-refractivity contribution in [3.63, 3.8) is 0 Å². The van der Waals surface area contributed by atoms with Gasteiger partial charge >= 0.3 is 0 Å². The maximum Gasteiger partial charge on any atom is 0.227 e. The number of amides is 1. The average molecular weight is 235 g/mol. The molecular weight excluding hydrogens is 214 g/mol. The van der Waals surface area contributed by atoms with E-state index in [2.05, 4.69) is 10.3 Å². The molecule has 0 aliphatic carbocycles. The highest BCUT2D eigenvalue weighted by Gasteiger charge is 2.32. The number of nitrogens with two attached hydrogens (primary N) is 1. The van der Waals surface area contributed by atoms with Crippen molar-refractivity contribution in [1.82, 2.24) is 10.3 Å². The van der Waals surface area contributed by atoms with Gasteiger partial charge in [0.05, 0.1) is 5.41 Å². The fraction of sp³-hybridized carbons (Fsp3) is 0.538. The molecule has 1 amide bonds. The quantitative estimate of drug-likeness (QED) is 0.784. The molecule has 0 aromatic carbocycles. The van der Waals surface area contributed by atoms with E-state index >= 15 is 0 Å². The van der Waals surface area contributed by atoms with Crippen molar-refractivity contribution in [2.45, 2.75) is 33.2 Å². The molecule has 0 saturated heterocycles. The molecule has 0 bridgehead atoms. The highest BCUT2D eigenvalue weighted by Crippen LogP contribution is 2.24. The van der Waals surface area contributed by atoms with E-state index in [1.54, 1.807) is 12.4 Å². The summed E-state index contributed by atoms with van der Waals surface area (Å²) in [5.41, 5.74) is 6.35. The second-order valence-electron chi connectivity index (χ2n) is 4.23. The third-order valence-corrected chi connectivity index (χ3v) is 3.43. The van der Waals surface area contributed by atoms with Crippen LogP contribution in [0, 0.1) is 5.41 Å². The molecule has 0 unspecified atom stereocenters. The summed E-state index contributed by atoms with van der Waals surface area (Å²) < 4.78 is 0. The maximum absolute atomic E-state index is 12.1. The molecule has 0 spiro atoms. The summed E-state index contributed by atoms with van der Waals surface area (Å²) in [6.07, 6.45) is 4.97. The summed E-state index contributed by atoms with van der Waals surface area (Å²) in [4.78, 5) is 16.1. The summed E-state index contributed by atoms with van der Waals surface area (Å²) in [6.45, 7) is 4.93. The van der Waals surface area contributed by atoms with E-state index in [1.807, 2.05) is 26.0 Å². The molecule has 0 aliphatic rings. The second kappa shape index (κ2) is 6.35. The van der Waals surface area contributed by atoms with Gasteiger partial charge in [0.1, 0.15) is 0 Å². The van der Waals surface area contributed by atoms with E-state index in [0.29, 0.717) is 13.1 Å². The molecular formula is C13H21N3O. The molecule has 1 heterocycles. The van der Waals surface area contributed by atoms with E-state index < -0.39 is 5.41 Å². The zero-order valence-corrected chi connectivity index (χ0v) is 10.6. The smallest absolute Gasteiger partial charge is 0.227 e. The van der Waals surface area contributed by atoms with Crippen LogP contribution in [0.3, 0.4) is 0 Å². The highest BCUT2D eigenvalue weighted by molar-refractivity contribution is 5.82. The maximum atomic E-state index is 12.1. The van der Waals surface area contributed by atoms with Gasteiger partial charge in [-0.15, -0.1) is 0 Å². The van der Waals surface area contributed by atoms with Gasteiger partial charge in [-0.1, -0.05) is 13.8 Å². The highest BCUT2D eigenvalue weighted by atomic mass is 16.2. The molecule has 3 N–H and O–H groups in total. The molecule has 4 nitrogen and oxygen atoms in total. The summed E-state index contributed by atoms with van der Waals surface area (Å²) in [6, 6.07) is 3.78. The van der Waals surface area contributed by atoms with Crippen LogP contribution in [-0.4, -0.2) is 17.4 Å². The minimum absolute atomic E-state index is 0.0433. The number of carbonyl (C=O) groups is 1. The average Bonchev–Trinajstić information content (AvgIpc) is 2.40. The molecule has 0 saturated carbocycles. The topological polar surface area (TPSA) is 68.0 Å². The first-order chi connectivity index (χ1) is 8.18. The van der Waals surface area contributed by atoms with Crippen LogP contribution in [0.4, 0.5) is 0 Å². The molecule has 4 heteroatoms. The predicted molar refractivity (Wildman–Crippen MR) is 68.2 cm³/mol. The van der Waals surface area contributed by atoms with E-state index in [0.717, 1.165) is 18.4 Å². The molecule has 1 aromatic heterocycles. The minimum Gasteiger partial charge on any atom is -0.352 e. The van der Waals surface area contributed by atoms with Crippen molar-refractivity contribution in [1.29, 1.82) is 0 Å². The van der Waals surface area contributed by atoms with Gasteiger partial charge in [-0.2, -0.15) is 0 Å². The van der Waals surface area contributed by atoms with Crippen LogP contribution in [0.1, 0.15) is 32.3 Å². The standard InChI is InChI=1S/C13H21N3O/c1-3-13(4-2,10-14)12(17)16-9-11-5-7-15-8-6-11/h5-8H,3-4,9-10,14H2,1-2H3,(H,16,17). The second-order valence-corrected chi connectivity index (χ2v) is 4.23. The zero-order valence-electron chi connectivity index (χ0n) is 10.6. The number of nitrogens with one attached hydrogen (secondary N) is 1. The Hall–Kier alpha value is -1.42. The Kier molecular flexibility index (Phi) is 5.10. The first-order valence-corrected chi connectivity index (χ1v) is 6.05. The van der Waals surface area contributed by atoms with Crippen molar-refractivity contribution >= 4 is 5.91 Å². The van der Waals surface area contributed by atoms with Gasteiger partial charge in [0, 0.05) is 25.5 Å². The Morgan fingerprint density at radius 1 is 1.35 bits per heavy atom. The number of aromatic nitrogens is 1. The van der Waals surface area contributed by atoms with Crippen molar-refractivity contribution in [3.8, 4) is 0 Å². The van der Waals surface area contributed by atoms with Gasteiger partial charge < -0.3 is 11.1 Å². The van der Waals surface area contributed by atoms with Crippen LogP contribution in [-0.2, 0) is 11.3 Å². The Balaban J connectivity index is 2.60. The molecule has 94 valence electrons. The monoisotopic (exact) mass is 235 g/mol. The van der Waals surface area contributed by atoms with E-state index in [9.17, 15) is 4.79 Å². The van der Waals surface area contributed by atoms with Gasteiger partial charge in [-0.05, 0) is 30.5 Å². The number of carbonyl (C=O) groups excluding carboxylic acids is 1. The van der Waals surface area contributed by atoms with Crippen LogP contribution >= 0.6 is 0 Å². The van der Waals surface area contributed by atoms with Gasteiger partial charge in [-0.3, -0.25) is 9.78 Å². The van der Waals surface area contributed by atoms with Crippen LogP contribution < -0.4 is 11.1 Å². The Bertz CT molecular complexity index is 339. The Morgan fingerprint density at radius 3 is 2.41 bits per heavy atom. The first-order valence-electron chi connectivity index (χ1n) is 6.05. The molecule has 0 aliphatic heterocycles. The zero-order chi connectivity index (χ0) is 12.7. The van der Waals surface area contributed by atoms with Gasteiger partial charge in [0.15, 0.2) is 0 Å². The van der Waals surface area contributed by atoms with Crippen LogP contribution in [0.5, 0.6) is 0 Å². The fourth-order valence-electron chi connectivity index (χ4n) is 1.82. The molecule has 0 atom stereocenters. The summed E-state index contributed by atoms with van der Waals surface area (Å²) >= 11 is 0. The van der Waals surface area contributed by atoms with Crippen molar-refractivity contribution in [2.24, 2.45) is 11.1 Å². The fourth-order valence-corrected chi connectivity index (χ4v) is 1.82. The summed E-state index contributed by atoms with van der Waals surface area (Å²) in [5.74, 6) is 0.0433. The van der Waals surface area contributed by atoms with E-state index in [1.165, 1.54) is 0 Å². The van der Waals surface area contributed by atoms with E-state index in [4.69, 9.17) is 5.73 Å². The van der Waals surface area contributed by atoms with Crippen molar-refractivity contribution < 1.29 is 4.79 Å². The van der Waals surface area contributed by atoms with Crippen molar-refractivity contribution in [2.75, 3.05) is 6.54 Å². The lowest BCUT2D eigenvalue weighted by Crippen LogP contribution is -2.45. The van der Waals surface area contributed by atoms with Gasteiger partial charge in [0.2, 0.25) is 5.91 Å². The van der Waals surface area contributed by atoms with Crippen LogP contribution in [0.15, 0.2) is 24.5 Å². The predicted octanol–water partition coefficient (Wildman–Crippen LogP) is 1.46. The van der Waals surface area contributed by atoms with Crippen molar-refractivity contribution in [3.05, 3.63) is 30.1 Å². The molecule has 1 rings (SSSR count). The molecule has 17 heavy (non-hydrogen) atoms. The number of nitrogens with zero attached hydrogens (tertiary/aromatic N) is 1. The Morgan fingerprint density at radius 2 is 1.94 bits per heavy atom. The summed E-state index contributed by atoms with van der Waals surface area (Å²) in [7, 11) is 0. The normalized spacial score (nSPS) is 11.2. The molecule has 0 fully saturated rings. The SMILES string of the molecule is CCC(CC)(CN)C(=O)NCc1ccncc1. The number of pyridine rings is 1. The first kappa shape index (κ1) is 13.6. The largest absolute Gasteiger partial charge is 0.352 e. The minimum atomic E-state index is -0.424. The van der Waals surface area contributed by atoms with Crippen LogP contribution in [0.2, 0.25) is 0 Å². The lowest BCUT2D eigenvalue weighted by Gasteiger charge is -2.28. The van der Waals surface area contributed by atoms with Crippen LogP contribution in [0.25, 0.3) is 0 Å². The number of hydrogen-bond donors (Lipinski definition) is 2. The lowest BCUT2D eigenvalue weighted by molar-refractivity contribution is -0.131. The lowest BCUT2D eigenvalue weighted by atomic mass is 9.81. The Labute approximate surface area is 103 Å². The van der Waals surface area contributed by atoms with Gasteiger partial charge in [0.25, 0.3) is 0 Å². The van der Waals surface area contributed by atoms with Gasteiger partial charge in [-0.25, -0.2) is 0 Å². The number of hydrogen-bond acceptors (Lipinski definition) is 3. The molecule has 1 aromatic rings. The molecule has 0 radical (unpaired) electrons. The summed E-state index contributed by atoms with van der Waals surface area (Å²) in [5, 5.41) is 2.95.